The van der Waals surface area contributed by atoms with Gasteiger partial charge in [0, 0.05) is 0 Å². The van der Waals surface area contributed by atoms with Crippen LogP contribution in [-0.4, -0.2) is 11.9 Å². The summed E-state index contributed by atoms with van der Waals surface area (Å²) in [6, 6.07) is 0. The van der Waals surface area contributed by atoms with Crippen molar-refractivity contribution in [3.8, 4) is 0 Å². The number of ether oxygens (including phenoxy) is 1. The van der Waals surface area contributed by atoms with Crippen molar-refractivity contribution in [1.82, 2.24) is 0 Å². The number of rotatable bonds is 0. The van der Waals surface area contributed by atoms with Crippen LogP contribution in [0.3, 0.4) is 0 Å². The Labute approximate surface area is 56.9 Å². The second-order valence-corrected chi connectivity index (χ2v) is 1.35. The van der Waals surface area contributed by atoms with Crippen molar-refractivity contribution in [2.24, 2.45) is 0 Å². The van der Waals surface area contributed by atoms with E-state index in [1.54, 1.807) is 0 Å². The minimum absolute atomic E-state index is 0. The van der Waals surface area contributed by atoms with Crippen molar-refractivity contribution in [2.45, 2.75) is 12.8 Å². The normalized spacial score (nSPS) is 17.5. The number of carbonyl (C=O) groups is 2. The molecule has 0 aromatic heterocycles. The van der Waals surface area contributed by atoms with E-state index in [4.69, 9.17) is 0 Å². The Balaban J connectivity index is 0.000000490. The first-order valence-corrected chi connectivity index (χ1v) is 2.02. The maximum Gasteiger partial charge on any atom is 2.00 e. The van der Waals surface area contributed by atoms with E-state index < -0.39 is 11.9 Å². The third-order valence-corrected chi connectivity index (χ3v) is 0.761. The van der Waals surface area contributed by atoms with Gasteiger partial charge >= 0.3 is 29.0 Å². The molecule has 0 aromatic carbocycles. The fourth-order valence-electron chi connectivity index (χ4n) is 0.433. The second kappa shape index (κ2) is 2.84. The topological polar surface area (TPSA) is 43.4 Å². The zero-order chi connectivity index (χ0) is 5.28. The van der Waals surface area contributed by atoms with Crippen molar-refractivity contribution in [2.75, 3.05) is 0 Å². The fraction of sp³-hybridized carbons (Fsp3) is 0.500. The molecule has 0 amide bonds. The molecule has 1 fully saturated rings. The molecule has 47 valence electrons. The molecule has 0 N–H and O–H groups in total. The van der Waals surface area contributed by atoms with Crippen LogP contribution >= 0.6 is 0 Å². The SMILES string of the molecule is O=C1CCC(=O)O1.[Cu+2]. The fourth-order valence-corrected chi connectivity index (χ4v) is 0.433. The van der Waals surface area contributed by atoms with Gasteiger partial charge in [-0.25, -0.2) is 0 Å². The molecular weight excluding hydrogens is 160 g/mol. The van der Waals surface area contributed by atoms with Crippen molar-refractivity contribution in [3.63, 3.8) is 0 Å². The predicted molar refractivity (Wildman–Crippen MR) is 20.3 cm³/mol. The van der Waals surface area contributed by atoms with Gasteiger partial charge in [-0.05, 0) is 0 Å². The average Bonchev–Trinajstić information content (AvgIpc) is 1.87. The van der Waals surface area contributed by atoms with E-state index in [0.717, 1.165) is 0 Å². The Hall–Kier alpha value is -0.341. The summed E-state index contributed by atoms with van der Waals surface area (Å²) >= 11 is 0. The van der Waals surface area contributed by atoms with Crippen molar-refractivity contribution >= 4 is 11.9 Å². The van der Waals surface area contributed by atoms with Gasteiger partial charge in [0.15, 0.2) is 0 Å². The maximum absolute atomic E-state index is 10.0. The van der Waals surface area contributed by atoms with Gasteiger partial charge in [0.05, 0.1) is 12.8 Å². The standard InChI is InChI=1S/C4H4O3.Cu/c5-3-1-2-4(6)7-3;/h1-2H2;/q;+2. The molecule has 0 unspecified atom stereocenters. The van der Waals surface area contributed by atoms with E-state index in [1.807, 2.05) is 0 Å². The number of cyclic esters (lactones) is 2. The van der Waals surface area contributed by atoms with E-state index in [-0.39, 0.29) is 29.9 Å². The molecule has 0 bridgehead atoms. The van der Waals surface area contributed by atoms with Gasteiger partial charge in [0.1, 0.15) is 0 Å². The first kappa shape index (κ1) is 7.66. The molecule has 8 heavy (non-hydrogen) atoms. The van der Waals surface area contributed by atoms with Gasteiger partial charge in [-0.2, -0.15) is 0 Å². The molecule has 1 aliphatic heterocycles. The number of esters is 2. The largest absolute Gasteiger partial charge is 2.00 e. The molecule has 1 saturated heterocycles. The molecule has 1 rings (SSSR count). The molecular formula is C4H4CuO3+2. The quantitative estimate of drug-likeness (QED) is 0.283. The van der Waals surface area contributed by atoms with Crippen LogP contribution < -0.4 is 0 Å². The Morgan fingerprint density at radius 3 is 1.62 bits per heavy atom. The molecule has 0 spiro atoms. The molecule has 0 atom stereocenters. The third kappa shape index (κ3) is 1.64. The summed E-state index contributed by atoms with van der Waals surface area (Å²) in [7, 11) is 0. The number of hydrogen-bond donors (Lipinski definition) is 0. The van der Waals surface area contributed by atoms with E-state index >= 15 is 0 Å². The number of carbonyl (C=O) groups excluding carboxylic acids is 2. The zero-order valence-corrected chi connectivity index (χ0v) is 4.88. The van der Waals surface area contributed by atoms with Crippen molar-refractivity contribution < 1.29 is 31.4 Å². The minimum atomic E-state index is -0.398. The van der Waals surface area contributed by atoms with Crippen LogP contribution in [0.2, 0.25) is 0 Å². The Morgan fingerprint density at radius 2 is 1.50 bits per heavy atom. The van der Waals surface area contributed by atoms with Crippen LogP contribution in [0.4, 0.5) is 0 Å². The van der Waals surface area contributed by atoms with Gasteiger partial charge in [0.2, 0.25) is 0 Å². The van der Waals surface area contributed by atoms with Gasteiger partial charge in [-0.1, -0.05) is 0 Å². The van der Waals surface area contributed by atoms with E-state index in [0.29, 0.717) is 0 Å². The summed E-state index contributed by atoms with van der Waals surface area (Å²) in [4.78, 5) is 20.0. The Morgan fingerprint density at radius 1 is 1.12 bits per heavy atom. The van der Waals surface area contributed by atoms with E-state index in [2.05, 4.69) is 4.74 Å². The monoisotopic (exact) mass is 163 g/mol. The maximum atomic E-state index is 10.0. The molecule has 1 radical (unpaired) electrons. The molecule has 0 aliphatic carbocycles. The predicted octanol–water partition coefficient (Wildman–Crippen LogP) is -0.152. The molecule has 0 aromatic rings. The molecule has 1 heterocycles. The summed E-state index contributed by atoms with van der Waals surface area (Å²) < 4.78 is 4.08. The van der Waals surface area contributed by atoms with Gasteiger partial charge in [-0.15, -0.1) is 0 Å². The Bertz CT molecular complexity index is 106. The number of hydrogen-bond acceptors (Lipinski definition) is 3. The zero-order valence-electron chi connectivity index (χ0n) is 3.94. The summed E-state index contributed by atoms with van der Waals surface area (Å²) in [5.41, 5.74) is 0. The first-order valence-electron chi connectivity index (χ1n) is 2.02. The van der Waals surface area contributed by atoms with Gasteiger partial charge < -0.3 is 4.74 Å². The van der Waals surface area contributed by atoms with Crippen LogP contribution in [0.25, 0.3) is 0 Å². The summed E-state index contributed by atoms with van der Waals surface area (Å²) in [5.74, 6) is -0.796. The third-order valence-electron chi connectivity index (χ3n) is 0.761. The van der Waals surface area contributed by atoms with Crippen molar-refractivity contribution in [3.05, 3.63) is 0 Å². The average molecular weight is 164 g/mol. The first-order chi connectivity index (χ1) is 3.29. The minimum Gasteiger partial charge on any atom is -0.393 e. The summed E-state index contributed by atoms with van der Waals surface area (Å²) in [6.45, 7) is 0. The van der Waals surface area contributed by atoms with E-state index in [1.165, 1.54) is 0 Å². The molecule has 0 saturated carbocycles. The second-order valence-electron chi connectivity index (χ2n) is 1.35. The molecule has 1 aliphatic rings. The smallest absolute Gasteiger partial charge is 0.393 e. The van der Waals surface area contributed by atoms with Crippen molar-refractivity contribution in [1.29, 1.82) is 0 Å². The van der Waals surface area contributed by atoms with Crippen LogP contribution in [-0.2, 0) is 31.4 Å². The van der Waals surface area contributed by atoms with E-state index in [9.17, 15) is 9.59 Å². The molecule has 4 heteroatoms. The van der Waals surface area contributed by atoms with Gasteiger partial charge in [0.25, 0.3) is 0 Å². The van der Waals surface area contributed by atoms with Gasteiger partial charge in [-0.3, -0.25) is 9.59 Å². The summed E-state index contributed by atoms with van der Waals surface area (Å²) in [6.07, 6.45) is 0.525. The van der Waals surface area contributed by atoms with Crippen LogP contribution in [0.15, 0.2) is 0 Å². The summed E-state index contributed by atoms with van der Waals surface area (Å²) in [5, 5.41) is 0. The van der Waals surface area contributed by atoms with Crippen LogP contribution in [0, 0.1) is 0 Å². The van der Waals surface area contributed by atoms with Crippen LogP contribution in [0.5, 0.6) is 0 Å². The molecule has 3 nitrogen and oxygen atoms in total. The van der Waals surface area contributed by atoms with Crippen LogP contribution in [0.1, 0.15) is 12.8 Å². The Kier molecular flexibility index (Phi) is 2.72.